The van der Waals surface area contributed by atoms with Crippen molar-refractivity contribution >= 4 is 24.0 Å². The number of benzene rings is 1. The van der Waals surface area contributed by atoms with Gasteiger partial charge in [-0.1, -0.05) is 19.9 Å². The van der Waals surface area contributed by atoms with Gasteiger partial charge in [-0.3, -0.25) is 4.79 Å². The van der Waals surface area contributed by atoms with Crippen molar-refractivity contribution in [3.05, 3.63) is 24.3 Å². The Morgan fingerprint density at radius 1 is 1.35 bits per heavy atom. The molecule has 1 aliphatic rings. The van der Waals surface area contributed by atoms with Crippen LogP contribution < -0.4 is 15.8 Å². The van der Waals surface area contributed by atoms with Crippen LogP contribution in [0.1, 0.15) is 34.1 Å². The molecule has 23 heavy (non-hydrogen) atoms. The summed E-state index contributed by atoms with van der Waals surface area (Å²) in [7, 11) is 0. The van der Waals surface area contributed by atoms with Gasteiger partial charge in [0, 0.05) is 30.2 Å². The molecule has 1 aromatic rings. The lowest BCUT2D eigenvalue weighted by Gasteiger charge is -2.57. The first-order valence-electron chi connectivity index (χ1n) is 7.80. The van der Waals surface area contributed by atoms with E-state index in [1.165, 1.54) is 0 Å². The molecule has 5 nitrogen and oxygen atoms in total. The van der Waals surface area contributed by atoms with Gasteiger partial charge < -0.3 is 20.5 Å². The van der Waals surface area contributed by atoms with Gasteiger partial charge in [-0.15, -0.1) is 12.4 Å². The monoisotopic (exact) mass is 342 g/mol. The molecule has 6 heteroatoms. The molecule has 0 heterocycles. The quantitative estimate of drug-likeness (QED) is 0.833. The van der Waals surface area contributed by atoms with E-state index in [0.29, 0.717) is 25.3 Å². The van der Waals surface area contributed by atoms with Crippen LogP contribution in [0.5, 0.6) is 5.75 Å². The number of nitrogens with one attached hydrogen (secondary N) is 1. The van der Waals surface area contributed by atoms with E-state index in [9.17, 15) is 4.79 Å². The number of ether oxygens (including phenoxy) is 2. The second kappa shape index (κ2) is 7.51. The fraction of sp³-hybridized carbons (Fsp3) is 0.588. The maximum absolute atomic E-state index is 12.6. The summed E-state index contributed by atoms with van der Waals surface area (Å²) in [6, 6.07) is 7.33. The van der Waals surface area contributed by atoms with Crippen LogP contribution in [-0.4, -0.2) is 30.8 Å². The van der Waals surface area contributed by atoms with E-state index in [1.807, 2.05) is 45.9 Å². The van der Waals surface area contributed by atoms with E-state index in [4.69, 9.17) is 15.2 Å². The van der Waals surface area contributed by atoms with Crippen molar-refractivity contribution in [1.82, 2.24) is 0 Å². The lowest BCUT2D eigenvalue weighted by Crippen LogP contribution is -2.74. The van der Waals surface area contributed by atoms with Crippen molar-refractivity contribution in [1.29, 1.82) is 0 Å². The molecule has 1 aromatic carbocycles. The fourth-order valence-electron chi connectivity index (χ4n) is 2.89. The third-order valence-electron chi connectivity index (χ3n) is 4.64. The highest BCUT2D eigenvalue weighted by molar-refractivity contribution is 5.99. The number of anilines is 1. The molecule has 2 rings (SSSR count). The summed E-state index contributed by atoms with van der Waals surface area (Å²) < 4.78 is 11.1. The van der Waals surface area contributed by atoms with E-state index in [1.54, 1.807) is 6.07 Å². The molecule has 1 fully saturated rings. The summed E-state index contributed by atoms with van der Waals surface area (Å²) >= 11 is 0. The molecule has 0 bridgehead atoms. The zero-order valence-corrected chi connectivity index (χ0v) is 15.0. The molecule has 130 valence electrons. The minimum atomic E-state index is -0.922. The summed E-state index contributed by atoms with van der Waals surface area (Å²) in [5.74, 6) is 0.550. The summed E-state index contributed by atoms with van der Waals surface area (Å²) in [6.45, 7) is 9.04. The van der Waals surface area contributed by atoms with Crippen molar-refractivity contribution < 1.29 is 14.3 Å². The minimum Gasteiger partial charge on any atom is -0.494 e. The molecular formula is C17H27ClN2O3. The number of amides is 1. The molecule has 1 amide bonds. The lowest BCUT2D eigenvalue weighted by atomic mass is 9.54. The Morgan fingerprint density at radius 2 is 2.04 bits per heavy atom. The second-order valence-electron chi connectivity index (χ2n) is 6.26. The Bertz CT molecular complexity index is 550. The van der Waals surface area contributed by atoms with E-state index in [0.717, 1.165) is 5.75 Å². The topological polar surface area (TPSA) is 73.6 Å². The average molecular weight is 343 g/mol. The van der Waals surface area contributed by atoms with Gasteiger partial charge in [0.15, 0.2) is 0 Å². The van der Waals surface area contributed by atoms with Gasteiger partial charge >= 0.3 is 0 Å². The number of nitrogens with two attached hydrogens (primary N) is 1. The molecule has 2 unspecified atom stereocenters. The molecule has 0 radical (unpaired) electrons. The number of halogens is 1. The average Bonchev–Trinajstić information content (AvgIpc) is 2.47. The maximum Gasteiger partial charge on any atom is 0.245 e. The van der Waals surface area contributed by atoms with Crippen LogP contribution in [0, 0.1) is 5.41 Å². The molecule has 0 aromatic heterocycles. The maximum atomic E-state index is 12.6. The van der Waals surface area contributed by atoms with Crippen molar-refractivity contribution in [2.24, 2.45) is 11.1 Å². The van der Waals surface area contributed by atoms with E-state index < -0.39 is 11.0 Å². The van der Waals surface area contributed by atoms with Crippen molar-refractivity contribution in [3.8, 4) is 5.75 Å². The zero-order chi connectivity index (χ0) is 16.4. The summed E-state index contributed by atoms with van der Waals surface area (Å²) in [4.78, 5) is 12.6. The van der Waals surface area contributed by atoms with Crippen molar-refractivity contribution in [2.45, 2.75) is 45.8 Å². The zero-order valence-electron chi connectivity index (χ0n) is 14.2. The number of carbonyl (C=O) groups excluding carboxylic acids is 1. The summed E-state index contributed by atoms with van der Waals surface area (Å²) in [6.07, 6.45) is 0.549. The first-order valence-corrected chi connectivity index (χ1v) is 7.80. The van der Waals surface area contributed by atoms with Crippen LogP contribution in [0.2, 0.25) is 0 Å². The van der Waals surface area contributed by atoms with E-state index >= 15 is 0 Å². The smallest absolute Gasteiger partial charge is 0.245 e. The van der Waals surface area contributed by atoms with E-state index in [-0.39, 0.29) is 24.4 Å². The third-order valence-corrected chi connectivity index (χ3v) is 4.64. The Hall–Kier alpha value is -1.30. The van der Waals surface area contributed by atoms with Crippen LogP contribution in [0.25, 0.3) is 0 Å². The van der Waals surface area contributed by atoms with Crippen LogP contribution in [-0.2, 0) is 9.53 Å². The Kier molecular flexibility index (Phi) is 6.45. The van der Waals surface area contributed by atoms with Crippen LogP contribution in [0.3, 0.4) is 0 Å². The van der Waals surface area contributed by atoms with Crippen LogP contribution in [0.15, 0.2) is 24.3 Å². The highest BCUT2D eigenvalue weighted by Crippen LogP contribution is 2.50. The molecule has 2 atom stereocenters. The number of hydrogen-bond donors (Lipinski definition) is 2. The lowest BCUT2D eigenvalue weighted by molar-refractivity contribution is -0.166. The molecular weight excluding hydrogens is 316 g/mol. The molecule has 0 saturated heterocycles. The van der Waals surface area contributed by atoms with Crippen molar-refractivity contribution in [2.75, 3.05) is 18.5 Å². The predicted molar refractivity (Wildman–Crippen MR) is 94.2 cm³/mol. The Balaban J connectivity index is 0.00000264. The highest BCUT2D eigenvalue weighted by Gasteiger charge is 2.62. The minimum absolute atomic E-state index is 0. The third kappa shape index (κ3) is 3.62. The first-order chi connectivity index (χ1) is 10.3. The largest absolute Gasteiger partial charge is 0.494 e. The fourth-order valence-corrected chi connectivity index (χ4v) is 2.89. The Labute approximate surface area is 144 Å². The van der Waals surface area contributed by atoms with Crippen LogP contribution in [0.4, 0.5) is 5.69 Å². The Morgan fingerprint density at radius 3 is 2.61 bits per heavy atom. The van der Waals surface area contributed by atoms with Gasteiger partial charge in [-0.25, -0.2) is 0 Å². The summed E-state index contributed by atoms with van der Waals surface area (Å²) in [5, 5.41) is 2.90. The summed E-state index contributed by atoms with van der Waals surface area (Å²) in [5.41, 5.74) is 5.74. The van der Waals surface area contributed by atoms with Gasteiger partial charge in [0.1, 0.15) is 11.3 Å². The van der Waals surface area contributed by atoms with Gasteiger partial charge in [0.05, 0.1) is 12.7 Å². The standard InChI is InChI=1S/C17H26N2O3.ClH/c1-5-21-13-9-7-8-12(10-13)19-15(20)17(18)11-14(22-6-2)16(17,3)4;/h7-10,14H,5-6,11,18H2,1-4H3,(H,19,20);1H. The predicted octanol–water partition coefficient (Wildman–Crippen LogP) is 2.98. The van der Waals surface area contributed by atoms with Gasteiger partial charge in [-0.05, 0) is 26.0 Å². The molecule has 3 N–H and O–H groups in total. The number of carbonyl (C=O) groups is 1. The number of hydrogen-bond acceptors (Lipinski definition) is 4. The molecule has 1 saturated carbocycles. The van der Waals surface area contributed by atoms with Gasteiger partial charge in [0.2, 0.25) is 5.91 Å². The highest BCUT2D eigenvalue weighted by atomic mass is 35.5. The normalized spacial score (nSPS) is 25.0. The molecule has 0 spiro atoms. The van der Waals surface area contributed by atoms with Gasteiger partial charge in [-0.2, -0.15) is 0 Å². The van der Waals surface area contributed by atoms with E-state index in [2.05, 4.69) is 5.32 Å². The molecule has 1 aliphatic carbocycles. The SMILES string of the molecule is CCOc1cccc(NC(=O)C2(N)CC(OCC)C2(C)C)c1.Cl. The number of rotatable bonds is 6. The van der Waals surface area contributed by atoms with Gasteiger partial charge in [0.25, 0.3) is 0 Å². The van der Waals surface area contributed by atoms with Crippen LogP contribution >= 0.6 is 12.4 Å². The second-order valence-corrected chi connectivity index (χ2v) is 6.26. The first kappa shape index (κ1) is 19.7. The molecule has 0 aliphatic heterocycles. The van der Waals surface area contributed by atoms with Crippen molar-refractivity contribution in [3.63, 3.8) is 0 Å².